The van der Waals surface area contributed by atoms with Crippen molar-refractivity contribution in [1.82, 2.24) is 15.2 Å². The van der Waals surface area contributed by atoms with Gasteiger partial charge in [0.1, 0.15) is 5.82 Å². The Morgan fingerprint density at radius 1 is 1.24 bits per heavy atom. The molecule has 0 bridgehead atoms. The Balaban J connectivity index is 1.67. The summed E-state index contributed by atoms with van der Waals surface area (Å²) < 4.78 is 0. The van der Waals surface area contributed by atoms with Crippen molar-refractivity contribution in [1.29, 1.82) is 0 Å². The van der Waals surface area contributed by atoms with Gasteiger partial charge < -0.3 is 15.5 Å². The molecule has 2 rings (SSSR count). The topological polar surface area (TPSA) is 52.6 Å². The van der Waals surface area contributed by atoms with Crippen molar-refractivity contribution in [2.75, 3.05) is 38.5 Å². The zero-order valence-corrected chi connectivity index (χ0v) is 16.1. The minimum absolute atomic E-state index is 0.843. The number of guanidine groups is 1. The lowest BCUT2D eigenvalue weighted by molar-refractivity contribution is 0.486. The van der Waals surface area contributed by atoms with E-state index in [1.54, 1.807) is 6.20 Å². The first-order valence-corrected chi connectivity index (χ1v) is 9.84. The quantitative estimate of drug-likeness (QED) is 0.387. The summed E-state index contributed by atoms with van der Waals surface area (Å²) in [5, 5.41) is 8.85. The lowest BCUT2D eigenvalue weighted by Gasteiger charge is -2.21. The molecule has 2 N–H and O–H groups in total. The number of hydrogen-bond acceptors (Lipinski definition) is 4. The third-order valence-corrected chi connectivity index (χ3v) is 4.72. The van der Waals surface area contributed by atoms with Crippen molar-refractivity contribution in [2.45, 2.75) is 26.2 Å². The molecule has 0 aliphatic rings. The van der Waals surface area contributed by atoms with Crippen LogP contribution in [0.25, 0.3) is 0 Å². The number of aromatic nitrogens is 1. The van der Waals surface area contributed by atoms with Crippen molar-refractivity contribution < 1.29 is 0 Å². The summed E-state index contributed by atoms with van der Waals surface area (Å²) in [5.41, 5.74) is 0. The smallest absolute Gasteiger partial charge is 0.193 e. The average molecular weight is 360 g/mol. The van der Waals surface area contributed by atoms with Crippen LogP contribution in [0.5, 0.6) is 0 Å². The molecule has 0 radical (unpaired) electrons. The standard InChI is InChI=1S/C19H29N5S/c1-3-20-19(24(2)15-11-17-9-8-16-25-17)23-14-7-6-13-22-18-10-4-5-12-21-18/h4-5,8-10,12,16H,3,6-7,11,13-15H2,1-2H3,(H,20,23)(H,21,22). The van der Waals surface area contributed by atoms with Crippen molar-refractivity contribution >= 4 is 23.1 Å². The Kier molecular flexibility index (Phi) is 8.83. The Hall–Kier alpha value is -2.08. The first kappa shape index (κ1) is 19.2. The van der Waals surface area contributed by atoms with E-state index in [0.29, 0.717) is 0 Å². The predicted molar refractivity (Wildman–Crippen MR) is 109 cm³/mol. The zero-order chi connectivity index (χ0) is 17.7. The first-order chi connectivity index (χ1) is 12.3. The molecule has 0 saturated carbocycles. The van der Waals surface area contributed by atoms with Gasteiger partial charge >= 0.3 is 0 Å². The lowest BCUT2D eigenvalue weighted by Crippen LogP contribution is -2.40. The van der Waals surface area contributed by atoms with Crippen LogP contribution in [0.2, 0.25) is 0 Å². The van der Waals surface area contributed by atoms with Gasteiger partial charge in [-0.1, -0.05) is 12.1 Å². The molecule has 136 valence electrons. The molecule has 0 saturated heterocycles. The fourth-order valence-electron chi connectivity index (χ4n) is 2.41. The van der Waals surface area contributed by atoms with Gasteiger partial charge in [0.15, 0.2) is 5.96 Å². The van der Waals surface area contributed by atoms with Gasteiger partial charge in [0.2, 0.25) is 0 Å². The van der Waals surface area contributed by atoms with Gasteiger partial charge in [0, 0.05) is 44.3 Å². The second-order valence-electron chi connectivity index (χ2n) is 5.84. The largest absolute Gasteiger partial charge is 0.370 e. The molecule has 2 aromatic rings. The highest BCUT2D eigenvalue weighted by atomic mass is 32.1. The van der Waals surface area contributed by atoms with Crippen molar-refractivity contribution in [2.24, 2.45) is 4.99 Å². The molecule has 0 atom stereocenters. The number of likely N-dealkylation sites (N-methyl/N-ethyl adjacent to an activating group) is 1. The molecule has 0 spiro atoms. The van der Waals surface area contributed by atoms with Crippen LogP contribution in [0, 0.1) is 0 Å². The van der Waals surface area contributed by atoms with Crippen LogP contribution in [0.1, 0.15) is 24.6 Å². The third kappa shape index (κ3) is 7.56. The summed E-state index contributed by atoms with van der Waals surface area (Å²) in [6.45, 7) is 5.75. The lowest BCUT2D eigenvalue weighted by atomic mass is 10.3. The molecule has 0 fully saturated rings. The van der Waals surface area contributed by atoms with Crippen LogP contribution < -0.4 is 10.6 Å². The van der Waals surface area contributed by atoms with Crippen LogP contribution in [-0.2, 0) is 6.42 Å². The second-order valence-corrected chi connectivity index (χ2v) is 6.87. The van der Waals surface area contributed by atoms with Crippen molar-refractivity contribution in [3.05, 3.63) is 46.8 Å². The van der Waals surface area contributed by atoms with Gasteiger partial charge in [-0.2, -0.15) is 0 Å². The molecule has 0 unspecified atom stereocenters. The number of hydrogen-bond donors (Lipinski definition) is 2. The zero-order valence-electron chi connectivity index (χ0n) is 15.2. The normalized spacial score (nSPS) is 11.4. The minimum atomic E-state index is 0.843. The molecule has 0 aliphatic heterocycles. The van der Waals surface area contributed by atoms with Crippen LogP contribution in [0.3, 0.4) is 0 Å². The number of nitrogens with one attached hydrogen (secondary N) is 2. The van der Waals surface area contributed by atoms with Crippen LogP contribution in [0.15, 0.2) is 46.9 Å². The molecule has 0 aromatic carbocycles. The minimum Gasteiger partial charge on any atom is -0.370 e. The number of nitrogens with zero attached hydrogens (tertiary/aromatic N) is 3. The Morgan fingerprint density at radius 3 is 2.88 bits per heavy atom. The fraction of sp³-hybridized carbons (Fsp3) is 0.474. The highest BCUT2D eigenvalue weighted by Crippen LogP contribution is 2.09. The molecule has 2 aromatic heterocycles. The van der Waals surface area contributed by atoms with E-state index in [1.165, 1.54) is 4.88 Å². The van der Waals surface area contributed by atoms with Gasteiger partial charge in [-0.15, -0.1) is 11.3 Å². The van der Waals surface area contributed by atoms with E-state index < -0.39 is 0 Å². The summed E-state index contributed by atoms with van der Waals surface area (Å²) >= 11 is 1.82. The second kappa shape index (κ2) is 11.5. The number of pyridine rings is 1. The SMILES string of the molecule is CCNC(=NCCCCNc1ccccn1)N(C)CCc1cccs1. The van der Waals surface area contributed by atoms with E-state index in [-0.39, 0.29) is 0 Å². The highest BCUT2D eigenvalue weighted by molar-refractivity contribution is 7.09. The van der Waals surface area contributed by atoms with Crippen LogP contribution in [-0.4, -0.2) is 49.1 Å². The summed E-state index contributed by atoms with van der Waals surface area (Å²) in [5.74, 6) is 1.93. The number of anilines is 1. The molecule has 25 heavy (non-hydrogen) atoms. The van der Waals surface area contributed by atoms with E-state index in [1.807, 2.05) is 29.5 Å². The third-order valence-electron chi connectivity index (χ3n) is 3.79. The van der Waals surface area contributed by atoms with E-state index in [9.17, 15) is 0 Å². The van der Waals surface area contributed by atoms with E-state index in [2.05, 4.69) is 52.0 Å². The Morgan fingerprint density at radius 2 is 2.16 bits per heavy atom. The summed E-state index contributed by atoms with van der Waals surface area (Å²) in [4.78, 5) is 12.6. The maximum Gasteiger partial charge on any atom is 0.193 e. The van der Waals surface area contributed by atoms with Crippen LogP contribution >= 0.6 is 11.3 Å². The number of rotatable bonds is 10. The highest BCUT2D eigenvalue weighted by Gasteiger charge is 2.05. The van der Waals surface area contributed by atoms with E-state index in [0.717, 1.165) is 57.2 Å². The van der Waals surface area contributed by atoms with Gasteiger partial charge in [-0.25, -0.2) is 4.98 Å². The van der Waals surface area contributed by atoms with Crippen molar-refractivity contribution in [3.63, 3.8) is 0 Å². The number of aliphatic imine (C=N–C) groups is 1. The number of unbranched alkanes of at least 4 members (excludes halogenated alkanes) is 1. The molecule has 2 heterocycles. The summed E-state index contributed by atoms with van der Waals surface area (Å²) in [7, 11) is 2.11. The average Bonchev–Trinajstić information content (AvgIpc) is 3.16. The maximum absolute atomic E-state index is 4.75. The Bertz CT molecular complexity index is 598. The fourth-order valence-corrected chi connectivity index (χ4v) is 3.11. The first-order valence-electron chi connectivity index (χ1n) is 8.96. The molecule has 6 heteroatoms. The molecule has 5 nitrogen and oxygen atoms in total. The van der Waals surface area contributed by atoms with E-state index >= 15 is 0 Å². The number of thiophene rings is 1. The van der Waals surface area contributed by atoms with Gasteiger partial charge in [0.25, 0.3) is 0 Å². The monoisotopic (exact) mass is 359 g/mol. The van der Waals surface area contributed by atoms with Crippen LogP contribution in [0.4, 0.5) is 5.82 Å². The van der Waals surface area contributed by atoms with E-state index in [4.69, 9.17) is 4.99 Å². The molecular formula is C19H29N5S. The van der Waals surface area contributed by atoms with Gasteiger partial charge in [-0.05, 0) is 49.8 Å². The van der Waals surface area contributed by atoms with Crippen molar-refractivity contribution in [3.8, 4) is 0 Å². The Labute approximate surface area is 155 Å². The molecular weight excluding hydrogens is 330 g/mol. The molecule has 0 amide bonds. The van der Waals surface area contributed by atoms with Gasteiger partial charge in [-0.3, -0.25) is 4.99 Å². The summed E-state index contributed by atoms with van der Waals surface area (Å²) in [6, 6.07) is 10.2. The molecule has 0 aliphatic carbocycles. The van der Waals surface area contributed by atoms with Gasteiger partial charge in [0.05, 0.1) is 0 Å². The predicted octanol–water partition coefficient (Wildman–Crippen LogP) is 3.48. The summed E-state index contributed by atoms with van der Waals surface area (Å²) in [6.07, 6.45) is 5.01. The maximum atomic E-state index is 4.75.